The summed E-state index contributed by atoms with van der Waals surface area (Å²) in [5.74, 6) is 0.799. The van der Waals surface area contributed by atoms with E-state index < -0.39 is 16.3 Å². The van der Waals surface area contributed by atoms with E-state index in [2.05, 4.69) is 0 Å². The summed E-state index contributed by atoms with van der Waals surface area (Å²) in [5, 5.41) is 20.7. The quantitative estimate of drug-likeness (QED) is 0.300. The van der Waals surface area contributed by atoms with E-state index in [0.717, 1.165) is 28.2 Å². The number of aliphatic hydroxyl groups is 2. The molecular formula is C27H27ClN2O4S. The van der Waals surface area contributed by atoms with Gasteiger partial charge >= 0.3 is 0 Å². The number of hydrogen-bond donors (Lipinski definition) is 3. The van der Waals surface area contributed by atoms with Gasteiger partial charge in [-0.05, 0) is 66.8 Å². The Labute approximate surface area is 211 Å². The van der Waals surface area contributed by atoms with Crippen LogP contribution in [-0.4, -0.2) is 28.2 Å². The monoisotopic (exact) mass is 510 g/mol. The molecular weight excluding hydrogens is 484 g/mol. The third-order valence-electron chi connectivity index (χ3n) is 5.91. The fourth-order valence-corrected chi connectivity index (χ4v) is 4.78. The van der Waals surface area contributed by atoms with Crippen LogP contribution in [-0.2, 0) is 35.8 Å². The van der Waals surface area contributed by atoms with Gasteiger partial charge in [-0.2, -0.15) is 0 Å². The van der Waals surface area contributed by atoms with E-state index in [4.69, 9.17) is 16.6 Å². The summed E-state index contributed by atoms with van der Waals surface area (Å²) in [6.45, 7) is 3.07. The first-order valence-electron chi connectivity index (χ1n) is 11.2. The van der Waals surface area contributed by atoms with Crippen molar-refractivity contribution in [2.75, 3.05) is 0 Å². The molecule has 0 spiro atoms. The summed E-state index contributed by atoms with van der Waals surface area (Å²) in [6.07, 6.45) is 3.17. The van der Waals surface area contributed by atoms with Crippen LogP contribution in [0.4, 0.5) is 0 Å². The maximum absolute atomic E-state index is 11.6. The number of nitrogens with zero attached hydrogens (tertiary/aromatic N) is 2. The SMILES string of the molecule is CC(C)(O)c1cn(-c2ccc(-c3ccc(CO)c([SH](=O)=O)c3)cc2)c(CCc2ccccc2Cl)n1. The number of halogens is 1. The predicted octanol–water partition coefficient (Wildman–Crippen LogP) is 4.67. The van der Waals surface area contributed by atoms with E-state index in [9.17, 15) is 18.6 Å². The minimum absolute atomic E-state index is 0.121. The Morgan fingerprint density at radius 1 is 0.943 bits per heavy atom. The summed E-state index contributed by atoms with van der Waals surface area (Å²) in [5.41, 5.74) is 3.34. The molecule has 0 fully saturated rings. The van der Waals surface area contributed by atoms with Crippen LogP contribution in [0.2, 0.25) is 5.02 Å². The van der Waals surface area contributed by atoms with Crippen molar-refractivity contribution in [3.8, 4) is 16.8 Å². The van der Waals surface area contributed by atoms with Gasteiger partial charge in [0.25, 0.3) is 0 Å². The number of benzene rings is 3. The fourth-order valence-electron chi connectivity index (χ4n) is 3.92. The lowest BCUT2D eigenvalue weighted by atomic mass is 10.0. The lowest BCUT2D eigenvalue weighted by Gasteiger charge is -2.13. The lowest BCUT2D eigenvalue weighted by Crippen LogP contribution is -2.16. The summed E-state index contributed by atoms with van der Waals surface area (Å²) in [7, 11) is -2.82. The van der Waals surface area contributed by atoms with E-state index in [1.807, 2.05) is 59.3 Å². The van der Waals surface area contributed by atoms with Crippen LogP contribution in [0.25, 0.3) is 16.8 Å². The first kappa shape index (κ1) is 25.1. The molecule has 0 aliphatic rings. The zero-order chi connectivity index (χ0) is 25.2. The smallest absolute Gasteiger partial charge is 0.168 e. The van der Waals surface area contributed by atoms with Crippen LogP contribution in [0.5, 0.6) is 0 Å². The molecule has 1 heterocycles. The van der Waals surface area contributed by atoms with Crippen molar-refractivity contribution in [1.29, 1.82) is 0 Å². The standard InChI is InChI=1S/C27H27ClN2O4S/c1-27(2,32)25-16-30(26(29-25)14-11-19-5-3-4-6-23(19)28)22-12-9-18(10-13-22)20-7-8-21(17-31)24(15-20)35(33)34/h3-10,12-13,15-16,31-32,35H,11,14,17H2,1-2H3. The van der Waals surface area contributed by atoms with E-state index in [1.54, 1.807) is 32.0 Å². The Morgan fingerprint density at radius 2 is 1.63 bits per heavy atom. The van der Waals surface area contributed by atoms with E-state index in [0.29, 0.717) is 29.1 Å². The van der Waals surface area contributed by atoms with Gasteiger partial charge in [-0.25, -0.2) is 13.4 Å². The number of aliphatic hydroxyl groups excluding tert-OH is 1. The molecule has 0 saturated carbocycles. The van der Waals surface area contributed by atoms with Crippen molar-refractivity contribution in [3.05, 3.63) is 101 Å². The van der Waals surface area contributed by atoms with E-state index >= 15 is 0 Å². The highest BCUT2D eigenvalue weighted by atomic mass is 35.5. The summed E-state index contributed by atoms with van der Waals surface area (Å²) < 4.78 is 25.2. The minimum atomic E-state index is -2.82. The average molecular weight is 511 g/mol. The Kier molecular flexibility index (Phi) is 7.42. The highest BCUT2D eigenvalue weighted by Crippen LogP contribution is 2.27. The topological polar surface area (TPSA) is 92.4 Å². The van der Waals surface area contributed by atoms with Crippen LogP contribution in [0.1, 0.15) is 36.5 Å². The van der Waals surface area contributed by atoms with Crippen molar-refractivity contribution in [1.82, 2.24) is 9.55 Å². The van der Waals surface area contributed by atoms with E-state index in [1.165, 1.54) is 0 Å². The van der Waals surface area contributed by atoms with Gasteiger partial charge in [0.1, 0.15) is 11.4 Å². The Morgan fingerprint density at radius 3 is 2.26 bits per heavy atom. The third kappa shape index (κ3) is 5.65. The molecule has 0 bridgehead atoms. The highest BCUT2D eigenvalue weighted by molar-refractivity contribution is 7.72. The number of imidazole rings is 1. The molecule has 2 N–H and O–H groups in total. The average Bonchev–Trinajstić information content (AvgIpc) is 3.28. The van der Waals surface area contributed by atoms with Crippen LogP contribution in [0.3, 0.4) is 0 Å². The molecule has 4 aromatic rings. The number of hydrogen-bond acceptors (Lipinski definition) is 5. The largest absolute Gasteiger partial charge is 0.392 e. The summed E-state index contributed by atoms with van der Waals surface area (Å²) >= 11 is 6.33. The van der Waals surface area contributed by atoms with Gasteiger partial charge < -0.3 is 14.8 Å². The number of aryl methyl sites for hydroxylation is 2. The first-order valence-corrected chi connectivity index (χ1v) is 12.8. The fraction of sp³-hybridized carbons (Fsp3) is 0.222. The Bertz CT molecular complexity index is 1410. The van der Waals surface area contributed by atoms with E-state index in [-0.39, 0.29) is 11.5 Å². The van der Waals surface area contributed by atoms with Crippen LogP contribution in [0, 0.1) is 0 Å². The van der Waals surface area contributed by atoms with Gasteiger partial charge in [-0.1, -0.05) is 54.1 Å². The molecule has 0 aliphatic carbocycles. The second-order valence-electron chi connectivity index (χ2n) is 8.87. The maximum atomic E-state index is 11.6. The van der Waals surface area contributed by atoms with Gasteiger partial charge in [0.2, 0.25) is 0 Å². The molecule has 0 saturated heterocycles. The van der Waals surface area contributed by atoms with Crippen molar-refractivity contribution in [2.45, 2.75) is 43.8 Å². The zero-order valence-corrected chi connectivity index (χ0v) is 21.1. The molecule has 0 amide bonds. The second kappa shape index (κ2) is 10.3. The summed E-state index contributed by atoms with van der Waals surface area (Å²) in [4.78, 5) is 4.83. The molecule has 0 aliphatic heterocycles. The van der Waals surface area contributed by atoms with Gasteiger partial charge in [0, 0.05) is 23.3 Å². The molecule has 182 valence electrons. The molecule has 8 heteroatoms. The highest BCUT2D eigenvalue weighted by Gasteiger charge is 2.22. The molecule has 0 unspecified atom stereocenters. The van der Waals surface area contributed by atoms with Crippen molar-refractivity contribution >= 4 is 22.3 Å². The first-order chi connectivity index (χ1) is 16.7. The minimum Gasteiger partial charge on any atom is -0.392 e. The molecule has 1 aromatic heterocycles. The third-order valence-corrected chi connectivity index (χ3v) is 7.09. The number of thiol groups is 1. The molecule has 0 atom stereocenters. The van der Waals surface area contributed by atoms with Crippen LogP contribution < -0.4 is 0 Å². The predicted molar refractivity (Wildman–Crippen MR) is 138 cm³/mol. The molecule has 3 aromatic carbocycles. The number of aromatic nitrogens is 2. The van der Waals surface area contributed by atoms with Crippen molar-refractivity contribution in [2.24, 2.45) is 0 Å². The van der Waals surface area contributed by atoms with Crippen molar-refractivity contribution in [3.63, 3.8) is 0 Å². The van der Waals surface area contributed by atoms with Crippen LogP contribution >= 0.6 is 11.6 Å². The number of rotatable bonds is 8. The maximum Gasteiger partial charge on any atom is 0.168 e. The Balaban J connectivity index is 1.67. The molecule has 35 heavy (non-hydrogen) atoms. The molecule has 6 nitrogen and oxygen atoms in total. The normalized spacial score (nSPS) is 11.8. The second-order valence-corrected chi connectivity index (χ2v) is 10.3. The Hall–Kier alpha value is -2.97. The van der Waals surface area contributed by atoms with Gasteiger partial charge in [0.15, 0.2) is 10.7 Å². The van der Waals surface area contributed by atoms with Gasteiger partial charge in [-0.15, -0.1) is 0 Å². The molecule has 4 rings (SSSR count). The van der Waals surface area contributed by atoms with Crippen LogP contribution in [0.15, 0.2) is 77.8 Å². The van der Waals surface area contributed by atoms with Crippen molar-refractivity contribution < 1.29 is 18.6 Å². The van der Waals surface area contributed by atoms with Gasteiger partial charge in [0.05, 0.1) is 17.2 Å². The van der Waals surface area contributed by atoms with Gasteiger partial charge in [-0.3, -0.25) is 0 Å². The zero-order valence-electron chi connectivity index (χ0n) is 19.5. The lowest BCUT2D eigenvalue weighted by molar-refractivity contribution is 0.0741. The summed E-state index contributed by atoms with van der Waals surface area (Å²) in [6, 6.07) is 20.4. The molecule has 0 radical (unpaired) electrons.